The Balaban J connectivity index is 0.000000885. The number of benzene rings is 1. The normalized spacial score (nSPS) is 10.6. The lowest BCUT2D eigenvalue weighted by atomic mass is 10.2. The zero-order valence-corrected chi connectivity index (χ0v) is 11.7. The number of nitrogens with one attached hydrogen (secondary N) is 2. The Labute approximate surface area is 122 Å². The molecule has 0 bridgehead atoms. The molecule has 0 radical (unpaired) electrons. The predicted molar refractivity (Wildman–Crippen MR) is 77.2 cm³/mol. The Kier molecular flexibility index (Phi) is 8.94. The van der Waals surface area contributed by atoms with Gasteiger partial charge in [-0.15, -0.1) is 0 Å². The molecule has 8 nitrogen and oxygen atoms in total. The summed E-state index contributed by atoms with van der Waals surface area (Å²) in [5.41, 5.74) is 11.4. The van der Waals surface area contributed by atoms with Crippen molar-refractivity contribution in [2.24, 2.45) is 11.5 Å². The van der Waals surface area contributed by atoms with Crippen LogP contribution in [-0.4, -0.2) is 35.6 Å². The molecule has 0 aromatic heterocycles. The summed E-state index contributed by atoms with van der Waals surface area (Å²) in [4.78, 5) is 30.9. The maximum absolute atomic E-state index is 11.5. The van der Waals surface area contributed by atoms with Crippen molar-refractivity contribution in [1.82, 2.24) is 10.6 Å². The van der Waals surface area contributed by atoms with Gasteiger partial charge in [0.1, 0.15) is 6.04 Å². The van der Waals surface area contributed by atoms with Gasteiger partial charge >= 0.3 is 6.03 Å². The molecule has 0 aliphatic carbocycles. The number of hydrogen-bond acceptors (Lipinski definition) is 4. The Morgan fingerprint density at radius 3 is 2.19 bits per heavy atom. The third-order valence-electron chi connectivity index (χ3n) is 2.14. The smallest absolute Gasteiger partial charge is 0.312 e. The number of hydrogen-bond donors (Lipinski definition) is 5. The molecule has 0 unspecified atom stereocenters. The van der Waals surface area contributed by atoms with E-state index in [-0.39, 0.29) is 12.5 Å². The summed E-state index contributed by atoms with van der Waals surface area (Å²) in [7, 11) is 0. The molecule has 0 saturated heterocycles. The van der Waals surface area contributed by atoms with Gasteiger partial charge in [-0.05, 0) is 5.56 Å². The fraction of sp³-hybridized carbons (Fsp3) is 0.308. The minimum Gasteiger partial charge on any atom is -0.481 e. The Hall–Kier alpha value is -2.61. The van der Waals surface area contributed by atoms with Crippen molar-refractivity contribution in [3.05, 3.63) is 35.9 Å². The van der Waals surface area contributed by atoms with E-state index >= 15 is 0 Å². The molecule has 0 aliphatic rings. The van der Waals surface area contributed by atoms with Crippen LogP contribution >= 0.6 is 0 Å². The second kappa shape index (κ2) is 10.2. The van der Waals surface area contributed by atoms with Crippen molar-refractivity contribution in [1.29, 1.82) is 0 Å². The average molecular weight is 296 g/mol. The van der Waals surface area contributed by atoms with E-state index < -0.39 is 18.0 Å². The van der Waals surface area contributed by atoms with Crippen molar-refractivity contribution in [2.75, 3.05) is 6.54 Å². The van der Waals surface area contributed by atoms with E-state index in [4.69, 9.17) is 21.4 Å². The van der Waals surface area contributed by atoms with Crippen LogP contribution in [0.2, 0.25) is 0 Å². The largest absolute Gasteiger partial charge is 0.481 e. The number of carboxylic acid groups (broad SMARTS) is 1. The van der Waals surface area contributed by atoms with Crippen LogP contribution in [-0.2, 0) is 16.1 Å². The highest BCUT2D eigenvalue weighted by atomic mass is 16.4. The number of carbonyl (C=O) groups is 3. The van der Waals surface area contributed by atoms with Gasteiger partial charge in [-0.25, -0.2) is 4.79 Å². The second-order valence-electron chi connectivity index (χ2n) is 4.07. The number of amides is 3. The van der Waals surface area contributed by atoms with Crippen LogP contribution in [0.3, 0.4) is 0 Å². The molecule has 1 atom stereocenters. The van der Waals surface area contributed by atoms with Crippen molar-refractivity contribution in [3.8, 4) is 0 Å². The van der Waals surface area contributed by atoms with E-state index in [1.165, 1.54) is 0 Å². The lowest BCUT2D eigenvalue weighted by Crippen LogP contribution is -2.48. The highest BCUT2D eigenvalue weighted by molar-refractivity contribution is 5.82. The van der Waals surface area contributed by atoms with Gasteiger partial charge in [0.2, 0.25) is 5.91 Å². The number of nitrogens with two attached hydrogens (primary N) is 2. The van der Waals surface area contributed by atoms with Crippen LogP contribution in [0.1, 0.15) is 12.5 Å². The molecule has 0 fully saturated rings. The minimum absolute atomic E-state index is 0.0238. The summed E-state index contributed by atoms with van der Waals surface area (Å²) in [5.74, 6) is -1.16. The monoisotopic (exact) mass is 296 g/mol. The fourth-order valence-corrected chi connectivity index (χ4v) is 1.22. The van der Waals surface area contributed by atoms with E-state index in [0.29, 0.717) is 6.54 Å². The van der Waals surface area contributed by atoms with Crippen molar-refractivity contribution in [2.45, 2.75) is 19.5 Å². The zero-order chi connectivity index (χ0) is 16.3. The van der Waals surface area contributed by atoms with Crippen molar-refractivity contribution < 1.29 is 19.5 Å². The fourth-order valence-electron chi connectivity index (χ4n) is 1.22. The quantitative estimate of drug-likeness (QED) is 0.491. The third kappa shape index (κ3) is 11.0. The Morgan fingerprint density at radius 2 is 1.71 bits per heavy atom. The number of carbonyl (C=O) groups excluding carboxylic acids is 2. The molecular weight excluding hydrogens is 276 g/mol. The van der Waals surface area contributed by atoms with E-state index in [2.05, 4.69) is 10.6 Å². The molecule has 1 rings (SSSR count). The first-order chi connectivity index (χ1) is 9.82. The Morgan fingerprint density at radius 1 is 1.19 bits per heavy atom. The van der Waals surface area contributed by atoms with E-state index in [1.807, 2.05) is 30.3 Å². The first kappa shape index (κ1) is 18.4. The highest BCUT2D eigenvalue weighted by Crippen LogP contribution is 1.97. The highest BCUT2D eigenvalue weighted by Gasteiger charge is 2.12. The maximum atomic E-state index is 11.5. The van der Waals surface area contributed by atoms with Gasteiger partial charge in [0.25, 0.3) is 5.97 Å². The SMILES string of the molecule is CC(=O)O.NC(=O)NC[C@H](N)C(=O)NCc1ccccc1. The Bertz CT molecular complexity index is 460. The summed E-state index contributed by atoms with van der Waals surface area (Å²) in [6.07, 6.45) is 0. The summed E-state index contributed by atoms with van der Waals surface area (Å²) < 4.78 is 0. The summed E-state index contributed by atoms with van der Waals surface area (Å²) >= 11 is 0. The molecule has 0 spiro atoms. The predicted octanol–water partition coefficient (Wildman–Crippen LogP) is -0.611. The van der Waals surface area contributed by atoms with E-state index in [9.17, 15) is 9.59 Å². The lowest BCUT2D eigenvalue weighted by Gasteiger charge is -2.12. The van der Waals surface area contributed by atoms with Gasteiger partial charge in [0.05, 0.1) is 0 Å². The summed E-state index contributed by atoms with van der Waals surface area (Å²) in [6.45, 7) is 1.51. The summed E-state index contributed by atoms with van der Waals surface area (Å²) in [6, 6.07) is 7.96. The number of carboxylic acids is 1. The first-order valence-corrected chi connectivity index (χ1v) is 6.13. The van der Waals surface area contributed by atoms with Gasteiger partial charge in [0, 0.05) is 20.0 Å². The van der Waals surface area contributed by atoms with Crippen LogP contribution in [0.4, 0.5) is 4.79 Å². The van der Waals surface area contributed by atoms with E-state index in [1.54, 1.807) is 0 Å². The third-order valence-corrected chi connectivity index (χ3v) is 2.14. The zero-order valence-electron chi connectivity index (χ0n) is 11.7. The maximum Gasteiger partial charge on any atom is 0.312 e. The topological polar surface area (TPSA) is 148 Å². The average Bonchev–Trinajstić information content (AvgIpc) is 2.42. The first-order valence-electron chi connectivity index (χ1n) is 6.13. The molecule has 0 aliphatic heterocycles. The number of aliphatic carboxylic acids is 1. The van der Waals surface area contributed by atoms with Crippen LogP contribution in [0, 0.1) is 0 Å². The van der Waals surface area contributed by atoms with Crippen molar-refractivity contribution >= 4 is 17.9 Å². The molecule has 0 saturated carbocycles. The van der Waals surface area contributed by atoms with Gasteiger partial charge in [0.15, 0.2) is 0 Å². The van der Waals surface area contributed by atoms with Gasteiger partial charge in [-0.3, -0.25) is 9.59 Å². The number of primary amides is 1. The minimum atomic E-state index is -0.833. The van der Waals surface area contributed by atoms with Crippen LogP contribution in [0.15, 0.2) is 30.3 Å². The van der Waals surface area contributed by atoms with Gasteiger partial charge in [-0.1, -0.05) is 30.3 Å². The lowest BCUT2D eigenvalue weighted by molar-refractivity contribution is -0.134. The van der Waals surface area contributed by atoms with Gasteiger partial charge in [-0.2, -0.15) is 0 Å². The molecular formula is C13H20N4O4. The molecule has 7 N–H and O–H groups in total. The van der Waals surface area contributed by atoms with Crippen LogP contribution in [0.5, 0.6) is 0 Å². The molecule has 1 aromatic carbocycles. The second-order valence-corrected chi connectivity index (χ2v) is 4.07. The number of urea groups is 1. The number of rotatable bonds is 5. The summed E-state index contributed by atoms with van der Waals surface area (Å²) in [5, 5.41) is 12.4. The van der Waals surface area contributed by atoms with Crippen LogP contribution in [0.25, 0.3) is 0 Å². The molecule has 0 heterocycles. The van der Waals surface area contributed by atoms with E-state index in [0.717, 1.165) is 12.5 Å². The standard InChI is InChI=1S/C11H16N4O2.C2H4O2/c12-9(7-15-11(13)17)10(16)14-6-8-4-2-1-3-5-8;1-2(3)4/h1-5,9H,6-7,12H2,(H,14,16)(H3,13,15,17);1H3,(H,3,4)/t9-;/m0./s1. The molecule has 21 heavy (non-hydrogen) atoms. The van der Waals surface area contributed by atoms with Crippen molar-refractivity contribution in [3.63, 3.8) is 0 Å². The molecule has 1 aromatic rings. The molecule has 3 amide bonds. The molecule has 8 heteroatoms. The van der Waals surface area contributed by atoms with Crippen LogP contribution < -0.4 is 22.1 Å². The molecule has 116 valence electrons. The van der Waals surface area contributed by atoms with Gasteiger partial charge < -0.3 is 27.2 Å².